The fraction of sp³-hybridized carbons (Fsp3) is 0.308. The Morgan fingerprint density at radius 3 is 3.00 bits per heavy atom. The molecule has 102 valence electrons. The van der Waals surface area contributed by atoms with Crippen molar-refractivity contribution in [1.29, 1.82) is 0 Å². The summed E-state index contributed by atoms with van der Waals surface area (Å²) >= 11 is 7.26. The van der Waals surface area contributed by atoms with Crippen molar-refractivity contribution in [3.05, 3.63) is 28.1 Å². The van der Waals surface area contributed by atoms with Crippen molar-refractivity contribution >= 4 is 44.6 Å². The minimum Gasteiger partial charge on any atom is -0.397 e. The number of aliphatic hydroxyl groups is 1. The van der Waals surface area contributed by atoms with Crippen molar-refractivity contribution in [1.82, 2.24) is 5.32 Å². The van der Waals surface area contributed by atoms with Gasteiger partial charge in [0.25, 0.3) is 5.91 Å². The van der Waals surface area contributed by atoms with E-state index in [9.17, 15) is 4.79 Å². The average molecular weight is 299 g/mol. The van der Waals surface area contributed by atoms with Crippen molar-refractivity contribution in [2.75, 3.05) is 12.3 Å². The number of carbonyl (C=O) groups is 1. The molecule has 2 rings (SSSR count). The number of nitrogens with one attached hydrogen (secondary N) is 1. The number of benzene rings is 1. The number of hydrogen-bond acceptors (Lipinski definition) is 4. The Bertz CT molecular complexity index is 610. The van der Waals surface area contributed by atoms with E-state index in [1.807, 2.05) is 6.07 Å². The standard InChI is InChI=1S/C13H15ClN2O2S/c1-7(17)4-5-16-13(18)12-11(15)9-6-8(14)2-3-10(9)19-12/h2-3,6-7,17H,4-5,15H2,1H3,(H,16,18). The van der Waals surface area contributed by atoms with Gasteiger partial charge in [-0.3, -0.25) is 4.79 Å². The van der Waals surface area contributed by atoms with Crippen LogP contribution in [0, 0.1) is 0 Å². The molecule has 2 aromatic rings. The molecule has 0 saturated carbocycles. The first-order valence-electron chi connectivity index (χ1n) is 5.93. The predicted molar refractivity (Wildman–Crippen MR) is 79.9 cm³/mol. The molecule has 0 fully saturated rings. The second-order valence-electron chi connectivity index (χ2n) is 4.38. The molecule has 0 radical (unpaired) electrons. The van der Waals surface area contributed by atoms with Crippen LogP contribution in [0.1, 0.15) is 23.0 Å². The molecule has 6 heteroatoms. The molecule has 1 aromatic carbocycles. The predicted octanol–water partition coefficient (Wildman–Crippen LogP) is 2.64. The fourth-order valence-corrected chi connectivity index (χ4v) is 2.92. The van der Waals surface area contributed by atoms with Gasteiger partial charge in [0.1, 0.15) is 4.88 Å². The number of amides is 1. The van der Waals surface area contributed by atoms with E-state index in [1.54, 1.807) is 19.1 Å². The highest BCUT2D eigenvalue weighted by atomic mass is 35.5. The van der Waals surface area contributed by atoms with E-state index in [0.717, 1.165) is 10.1 Å². The van der Waals surface area contributed by atoms with E-state index in [1.165, 1.54) is 11.3 Å². The van der Waals surface area contributed by atoms with Crippen LogP contribution in [0.15, 0.2) is 18.2 Å². The van der Waals surface area contributed by atoms with Crippen LogP contribution >= 0.6 is 22.9 Å². The highest BCUT2D eigenvalue weighted by molar-refractivity contribution is 7.21. The summed E-state index contributed by atoms with van der Waals surface area (Å²) in [5.41, 5.74) is 6.44. The van der Waals surface area contributed by atoms with Crippen molar-refractivity contribution in [3.63, 3.8) is 0 Å². The number of nitrogen functional groups attached to an aromatic ring is 1. The third-order valence-corrected chi connectivity index (χ3v) is 4.16. The molecular weight excluding hydrogens is 284 g/mol. The maximum Gasteiger partial charge on any atom is 0.263 e. The molecule has 0 aliphatic rings. The van der Waals surface area contributed by atoms with Crippen molar-refractivity contribution in [2.24, 2.45) is 0 Å². The van der Waals surface area contributed by atoms with Gasteiger partial charge < -0.3 is 16.2 Å². The lowest BCUT2D eigenvalue weighted by molar-refractivity contribution is 0.0950. The van der Waals surface area contributed by atoms with E-state index in [2.05, 4.69) is 5.32 Å². The molecule has 1 aromatic heterocycles. The minimum absolute atomic E-state index is 0.213. The Labute approximate surface area is 120 Å². The van der Waals surface area contributed by atoms with Crippen LogP contribution in [0.2, 0.25) is 5.02 Å². The molecule has 1 unspecified atom stereocenters. The Morgan fingerprint density at radius 1 is 1.58 bits per heavy atom. The summed E-state index contributed by atoms with van der Waals surface area (Å²) in [5.74, 6) is -0.213. The van der Waals surface area contributed by atoms with Crippen LogP contribution in [-0.2, 0) is 0 Å². The molecular formula is C13H15ClN2O2S. The maximum absolute atomic E-state index is 12.0. The summed E-state index contributed by atoms with van der Waals surface area (Å²) in [7, 11) is 0. The summed E-state index contributed by atoms with van der Waals surface area (Å²) in [4.78, 5) is 12.5. The van der Waals surface area contributed by atoms with Gasteiger partial charge in [-0.1, -0.05) is 11.6 Å². The Morgan fingerprint density at radius 2 is 2.32 bits per heavy atom. The minimum atomic E-state index is -0.432. The van der Waals surface area contributed by atoms with Gasteiger partial charge in [0.05, 0.1) is 11.8 Å². The first-order valence-corrected chi connectivity index (χ1v) is 7.12. The van der Waals surface area contributed by atoms with Gasteiger partial charge in [0, 0.05) is 21.7 Å². The number of carbonyl (C=O) groups excluding carboxylic acids is 1. The van der Waals surface area contributed by atoms with Gasteiger partial charge in [0.2, 0.25) is 0 Å². The number of aliphatic hydroxyl groups excluding tert-OH is 1. The number of fused-ring (bicyclic) bond motifs is 1. The molecule has 0 spiro atoms. The molecule has 0 saturated heterocycles. The van der Waals surface area contributed by atoms with E-state index < -0.39 is 6.10 Å². The van der Waals surface area contributed by atoms with Gasteiger partial charge in [-0.2, -0.15) is 0 Å². The number of anilines is 1. The fourth-order valence-electron chi connectivity index (χ4n) is 1.73. The second kappa shape index (κ2) is 5.77. The first kappa shape index (κ1) is 14.1. The van der Waals surface area contributed by atoms with Crippen LogP contribution in [0.5, 0.6) is 0 Å². The molecule has 1 atom stereocenters. The number of thiophene rings is 1. The van der Waals surface area contributed by atoms with E-state index in [0.29, 0.717) is 28.6 Å². The van der Waals surface area contributed by atoms with E-state index in [4.69, 9.17) is 22.4 Å². The molecule has 1 heterocycles. The Hall–Kier alpha value is -1.30. The first-order chi connectivity index (χ1) is 8.99. The number of hydrogen-bond donors (Lipinski definition) is 3. The van der Waals surface area contributed by atoms with Crippen LogP contribution in [0.3, 0.4) is 0 Å². The Balaban J connectivity index is 2.20. The van der Waals surface area contributed by atoms with E-state index in [-0.39, 0.29) is 5.91 Å². The monoisotopic (exact) mass is 298 g/mol. The van der Waals surface area contributed by atoms with Gasteiger partial charge in [-0.15, -0.1) is 11.3 Å². The number of rotatable bonds is 4. The zero-order valence-electron chi connectivity index (χ0n) is 10.4. The lowest BCUT2D eigenvalue weighted by atomic mass is 10.2. The molecule has 19 heavy (non-hydrogen) atoms. The lowest BCUT2D eigenvalue weighted by Gasteiger charge is -2.05. The zero-order chi connectivity index (χ0) is 14.0. The summed E-state index contributed by atoms with van der Waals surface area (Å²) in [6, 6.07) is 5.38. The van der Waals surface area contributed by atoms with Crippen molar-refractivity contribution in [2.45, 2.75) is 19.4 Å². The van der Waals surface area contributed by atoms with Gasteiger partial charge in [-0.05, 0) is 31.5 Å². The highest BCUT2D eigenvalue weighted by Gasteiger charge is 2.16. The number of halogens is 1. The summed E-state index contributed by atoms with van der Waals surface area (Å²) in [6.45, 7) is 2.10. The quantitative estimate of drug-likeness (QED) is 0.812. The third-order valence-electron chi connectivity index (χ3n) is 2.74. The smallest absolute Gasteiger partial charge is 0.263 e. The normalized spacial score (nSPS) is 12.6. The molecule has 0 aliphatic carbocycles. The molecule has 4 N–H and O–H groups in total. The Kier molecular flexibility index (Phi) is 4.29. The van der Waals surface area contributed by atoms with Crippen LogP contribution < -0.4 is 11.1 Å². The molecule has 0 bridgehead atoms. The largest absolute Gasteiger partial charge is 0.397 e. The second-order valence-corrected chi connectivity index (χ2v) is 5.87. The third kappa shape index (κ3) is 3.18. The summed E-state index contributed by atoms with van der Waals surface area (Å²) < 4.78 is 0.933. The lowest BCUT2D eigenvalue weighted by Crippen LogP contribution is -2.26. The molecule has 0 aliphatic heterocycles. The highest BCUT2D eigenvalue weighted by Crippen LogP contribution is 2.35. The van der Waals surface area contributed by atoms with Crippen LogP contribution in [-0.4, -0.2) is 23.7 Å². The number of nitrogens with two attached hydrogens (primary N) is 1. The van der Waals surface area contributed by atoms with E-state index >= 15 is 0 Å². The SMILES string of the molecule is CC(O)CCNC(=O)c1sc2ccc(Cl)cc2c1N. The molecule has 1 amide bonds. The summed E-state index contributed by atoms with van der Waals surface area (Å²) in [6.07, 6.45) is 0.0846. The van der Waals surface area contributed by atoms with Gasteiger partial charge in [-0.25, -0.2) is 0 Å². The average Bonchev–Trinajstić information content (AvgIpc) is 2.66. The zero-order valence-corrected chi connectivity index (χ0v) is 12.0. The van der Waals surface area contributed by atoms with Crippen LogP contribution in [0.4, 0.5) is 5.69 Å². The van der Waals surface area contributed by atoms with Gasteiger partial charge in [0.15, 0.2) is 0 Å². The summed E-state index contributed by atoms with van der Waals surface area (Å²) in [5, 5.41) is 13.3. The van der Waals surface area contributed by atoms with Gasteiger partial charge >= 0.3 is 0 Å². The van der Waals surface area contributed by atoms with Crippen molar-refractivity contribution < 1.29 is 9.90 Å². The van der Waals surface area contributed by atoms with Crippen LogP contribution in [0.25, 0.3) is 10.1 Å². The molecule has 4 nitrogen and oxygen atoms in total. The topological polar surface area (TPSA) is 75.3 Å². The maximum atomic E-state index is 12.0. The van der Waals surface area contributed by atoms with Crippen molar-refractivity contribution in [3.8, 4) is 0 Å².